The van der Waals surface area contributed by atoms with Gasteiger partial charge in [-0.15, -0.1) is 0 Å². The fourth-order valence-electron chi connectivity index (χ4n) is 2.60. The molecule has 5 heteroatoms. The highest BCUT2D eigenvalue weighted by atomic mass is 16.2. The number of rotatable bonds is 2. The lowest BCUT2D eigenvalue weighted by molar-refractivity contribution is 0.256. The molecule has 2 aromatic carbocycles. The highest BCUT2D eigenvalue weighted by molar-refractivity contribution is 6.03. The fraction of sp³-hybridized carbons (Fsp3) is 0.188. The Morgan fingerprint density at radius 3 is 2.76 bits per heavy atom. The first-order chi connectivity index (χ1) is 10.3. The predicted molar refractivity (Wildman–Crippen MR) is 82.4 cm³/mol. The van der Waals surface area contributed by atoms with Gasteiger partial charge in [0.05, 0.1) is 5.69 Å². The number of fused-ring (bicyclic) bond motifs is 1. The smallest absolute Gasteiger partial charge is 0.305 e. The summed E-state index contributed by atoms with van der Waals surface area (Å²) in [5.74, 6) is 0. The summed E-state index contributed by atoms with van der Waals surface area (Å²) in [6, 6.07) is 14.8. The lowest BCUT2D eigenvalue weighted by Crippen LogP contribution is -2.38. The summed E-state index contributed by atoms with van der Waals surface area (Å²) < 4.78 is 0. The maximum Gasteiger partial charge on any atom is 0.326 e. The van der Waals surface area contributed by atoms with E-state index in [9.17, 15) is 4.79 Å². The Bertz CT molecular complexity index is 683. The van der Waals surface area contributed by atoms with Gasteiger partial charge in [0.2, 0.25) is 0 Å². The molecule has 0 spiro atoms. The third-order valence-electron chi connectivity index (χ3n) is 3.62. The number of benzene rings is 2. The van der Waals surface area contributed by atoms with Crippen molar-refractivity contribution in [1.82, 2.24) is 0 Å². The fourth-order valence-corrected chi connectivity index (χ4v) is 2.60. The first-order valence-corrected chi connectivity index (χ1v) is 6.92. The van der Waals surface area contributed by atoms with Gasteiger partial charge in [0, 0.05) is 12.2 Å². The van der Waals surface area contributed by atoms with Crippen molar-refractivity contribution in [1.29, 1.82) is 5.53 Å². The van der Waals surface area contributed by atoms with E-state index in [1.165, 1.54) is 5.56 Å². The van der Waals surface area contributed by atoms with E-state index in [1.807, 2.05) is 24.3 Å². The number of anilines is 2. The minimum Gasteiger partial charge on any atom is -0.305 e. The van der Waals surface area contributed by atoms with Crippen molar-refractivity contribution in [2.75, 3.05) is 16.8 Å². The molecule has 106 valence electrons. The number of para-hydroxylation sites is 3. The van der Waals surface area contributed by atoms with Crippen LogP contribution in [0.15, 0.2) is 53.6 Å². The van der Waals surface area contributed by atoms with Crippen molar-refractivity contribution in [3.63, 3.8) is 0 Å². The van der Waals surface area contributed by atoms with Crippen LogP contribution in [0.5, 0.6) is 0 Å². The van der Waals surface area contributed by atoms with Gasteiger partial charge in [-0.25, -0.2) is 10.3 Å². The third-order valence-corrected chi connectivity index (χ3v) is 3.62. The van der Waals surface area contributed by atoms with Gasteiger partial charge in [0.1, 0.15) is 5.69 Å². The monoisotopic (exact) mass is 280 g/mol. The van der Waals surface area contributed by atoms with Crippen LogP contribution in [0, 0.1) is 5.53 Å². The summed E-state index contributed by atoms with van der Waals surface area (Å²) in [4.78, 5) is 14.3. The largest absolute Gasteiger partial charge is 0.326 e. The van der Waals surface area contributed by atoms with Crippen LogP contribution in [0.2, 0.25) is 0 Å². The minimum atomic E-state index is -0.182. The maximum atomic E-state index is 12.5. The van der Waals surface area contributed by atoms with Gasteiger partial charge in [-0.2, -0.15) is 5.11 Å². The van der Waals surface area contributed by atoms with Gasteiger partial charge in [0.25, 0.3) is 0 Å². The van der Waals surface area contributed by atoms with Crippen LogP contribution < -0.4 is 10.2 Å². The van der Waals surface area contributed by atoms with Crippen LogP contribution in [0.3, 0.4) is 0 Å². The summed E-state index contributed by atoms with van der Waals surface area (Å²) in [5.41, 5.74) is 10.3. The molecule has 0 radical (unpaired) electrons. The van der Waals surface area contributed by atoms with Crippen molar-refractivity contribution >= 4 is 23.1 Å². The summed E-state index contributed by atoms with van der Waals surface area (Å²) in [7, 11) is 0. The second kappa shape index (κ2) is 5.75. The standard InChI is InChI=1S/C16H16N4O/c17-19-14-9-3-2-8-13(14)18-16(21)20-11-5-7-12-6-1-4-10-15(12)20/h1-4,6,8-10,17H,5,7,11H2,(H,18,21). The zero-order chi connectivity index (χ0) is 14.7. The first kappa shape index (κ1) is 13.3. The Morgan fingerprint density at radius 2 is 1.90 bits per heavy atom. The Labute approximate surface area is 123 Å². The molecule has 1 aliphatic heterocycles. The van der Waals surface area contributed by atoms with Crippen LogP contribution in [0.4, 0.5) is 21.9 Å². The molecule has 0 aliphatic carbocycles. The van der Waals surface area contributed by atoms with Crippen LogP contribution in [0.1, 0.15) is 12.0 Å². The number of carbonyl (C=O) groups is 1. The highest BCUT2D eigenvalue weighted by Crippen LogP contribution is 2.29. The molecule has 0 aromatic heterocycles. The summed E-state index contributed by atoms with van der Waals surface area (Å²) in [6.45, 7) is 0.697. The molecular weight excluding hydrogens is 264 g/mol. The van der Waals surface area contributed by atoms with E-state index in [1.54, 1.807) is 23.1 Å². The molecule has 0 saturated carbocycles. The van der Waals surface area contributed by atoms with E-state index in [-0.39, 0.29) is 6.03 Å². The molecule has 0 atom stereocenters. The quantitative estimate of drug-likeness (QED) is 0.790. The molecule has 0 bridgehead atoms. The zero-order valence-corrected chi connectivity index (χ0v) is 11.5. The Hall–Kier alpha value is -2.69. The van der Waals surface area contributed by atoms with Crippen LogP contribution in [-0.2, 0) is 6.42 Å². The third kappa shape index (κ3) is 2.63. The van der Waals surface area contributed by atoms with E-state index >= 15 is 0 Å². The molecule has 2 N–H and O–H groups in total. The molecule has 5 nitrogen and oxygen atoms in total. The lowest BCUT2D eigenvalue weighted by Gasteiger charge is -2.29. The molecule has 1 aliphatic rings. The van der Waals surface area contributed by atoms with E-state index in [2.05, 4.69) is 16.5 Å². The highest BCUT2D eigenvalue weighted by Gasteiger charge is 2.22. The summed E-state index contributed by atoms with van der Waals surface area (Å²) >= 11 is 0. The Kier molecular flexibility index (Phi) is 3.64. The van der Waals surface area contributed by atoms with Crippen molar-refractivity contribution in [2.24, 2.45) is 5.11 Å². The Morgan fingerprint density at radius 1 is 1.14 bits per heavy atom. The molecule has 0 saturated heterocycles. The van der Waals surface area contributed by atoms with E-state index in [0.717, 1.165) is 18.5 Å². The minimum absolute atomic E-state index is 0.182. The topological polar surface area (TPSA) is 68.5 Å². The van der Waals surface area contributed by atoms with Gasteiger partial charge >= 0.3 is 6.03 Å². The van der Waals surface area contributed by atoms with Crippen molar-refractivity contribution in [3.8, 4) is 0 Å². The molecule has 1 heterocycles. The van der Waals surface area contributed by atoms with Crippen molar-refractivity contribution in [2.45, 2.75) is 12.8 Å². The molecule has 0 unspecified atom stereocenters. The van der Waals surface area contributed by atoms with E-state index in [0.29, 0.717) is 17.9 Å². The average molecular weight is 280 g/mol. The van der Waals surface area contributed by atoms with E-state index < -0.39 is 0 Å². The number of nitrogens with one attached hydrogen (secondary N) is 2. The summed E-state index contributed by atoms with van der Waals surface area (Å²) in [5, 5.41) is 6.28. The van der Waals surface area contributed by atoms with Crippen molar-refractivity contribution < 1.29 is 4.79 Å². The Balaban J connectivity index is 1.85. The van der Waals surface area contributed by atoms with Crippen LogP contribution >= 0.6 is 0 Å². The number of hydrogen-bond acceptors (Lipinski definition) is 3. The van der Waals surface area contributed by atoms with Crippen molar-refractivity contribution in [3.05, 3.63) is 54.1 Å². The number of carbonyl (C=O) groups excluding carboxylic acids is 1. The molecule has 2 aromatic rings. The van der Waals surface area contributed by atoms with Crippen LogP contribution in [-0.4, -0.2) is 12.6 Å². The second-order valence-electron chi connectivity index (χ2n) is 4.94. The van der Waals surface area contributed by atoms with Gasteiger partial charge in [-0.1, -0.05) is 30.3 Å². The number of amides is 2. The molecular formula is C16H16N4O. The zero-order valence-electron chi connectivity index (χ0n) is 11.5. The lowest BCUT2D eigenvalue weighted by atomic mass is 10.0. The second-order valence-corrected chi connectivity index (χ2v) is 4.94. The van der Waals surface area contributed by atoms with Gasteiger partial charge in [-0.3, -0.25) is 4.90 Å². The van der Waals surface area contributed by atoms with E-state index in [4.69, 9.17) is 5.53 Å². The number of urea groups is 1. The maximum absolute atomic E-state index is 12.5. The molecule has 3 rings (SSSR count). The molecule has 2 amide bonds. The van der Waals surface area contributed by atoms with Gasteiger partial charge < -0.3 is 5.32 Å². The molecule has 21 heavy (non-hydrogen) atoms. The number of hydrogen-bond donors (Lipinski definition) is 2. The normalized spacial score (nSPS) is 13.4. The SMILES string of the molecule is N=Nc1ccccc1NC(=O)N1CCCc2ccccc21. The van der Waals surface area contributed by atoms with Gasteiger partial charge in [0.15, 0.2) is 0 Å². The summed E-state index contributed by atoms with van der Waals surface area (Å²) in [6.07, 6.45) is 1.95. The van der Waals surface area contributed by atoms with Gasteiger partial charge in [-0.05, 0) is 36.6 Å². The number of aryl methyl sites for hydroxylation is 1. The van der Waals surface area contributed by atoms with Crippen LogP contribution in [0.25, 0.3) is 0 Å². The predicted octanol–water partition coefficient (Wildman–Crippen LogP) is 4.33. The number of nitrogens with zero attached hydrogens (tertiary/aromatic N) is 2. The molecule has 0 fully saturated rings. The first-order valence-electron chi connectivity index (χ1n) is 6.92. The average Bonchev–Trinajstić information content (AvgIpc) is 2.54.